The topological polar surface area (TPSA) is 66.5 Å². The Labute approximate surface area is 155 Å². The molecule has 1 aliphatic rings. The maximum Gasteiger partial charge on any atom is 0.241 e. The third kappa shape index (κ3) is 4.51. The van der Waals surface area contributed by atoms with Crippen molar-refractivity contribution in [2.75, 3.05) is 13.6 Å². The lowest BCUT2D eigenvalue weighted by Crippen LogP contribution is -2.37. The van der Waals surface area contributed by atoms with Gasteiger partial charge < -0.3 is 4.90 Å². The number of sulfonamides is 1. The van der Waals surface area contributed by atoms with Crippen LogP contribution in [0.5, 0.6) is 0 Å². The van der Waals surface area contributed by atoms with Crippen LogP contribution in [0, 0.1) is 0 Å². The maximum atomic E-state index is 12.5. The van der Waals surface area contributed by atoms with Crippen molar-refractivity contribution in [2.24, 2.45) is 0 Å². The highest BCUT2D eigenvalue weighted by atomic mass is 32.2. The van der Waals surface area contributed by atoms with Crippen LogP contribution in [0.4, 0.5) is 0 Å². The molecule has 1 amide bonds. The van der Waals surface area contributed by atoms with E-state index in [0.29, 0.717) is 6.54 Å². The molecule has 0 aromatic heterocycles. The molecule has 1 N–H and O–H groups in total. The average Bonchev–Trinajstić information content (AvgIpc) is 2.66. The molecule has 1 aliphatic carbocycles. The number of nitrogens with one attached hydrogen (secondary N) is 1. The molecule has 0 heterocycles. The number of carbonyl (C=O) groups excluding carboxylic acids is 1. The van der Waals surface area contributed by atoms with Crippen LogP contribution in [0.2, 0.25) is 0 Å². The lowest BCUT2D eigenvalue weighted by atomic mass is 9.92. The average molecular weight is 372 g/mol. The van der Waals surface area contributed by atoms with E-state index in [0.717, 1.165) is 36.8 Å². The van der Waals surface area contributed by atoms with E-state index in [4.69, 9.17) is 0 Å². The highest BCUT2D eigenvalue weighted by Crippen LogP contribution is 2.24. The van der Waals surface area contributed by atoms with Crippen LogP contribution < -0.4 is 4.72 Å². The minimum absolute atomic E-state index is 0.233. The number of likely N-dealkylation sites (N-methyl/N-ethyl adjacent to an activating group) is 1. The van der Waals surface area contributed by atoms with Gasteiger partial charge in [0.25, 0.3) is 0 Å². The fourth-order valence-corrected chi connectivity index (χ4v) is 4.22. The number of benzene rings is 2. The van der Waals surface area contributed by atoms with Gasteiger partial charge in [-0.25, -0.2) is 13.1 Å². The summed E-state index contributed by atoms with van der Waals surface area (Å²) in [5, 5.41) is 0. The van der Waals surface area contributed by atoms with Crippen LogP contribution in [0.3, 0.4) is 0 Å². The molecule has 3 rings (SSSR count). The van der Waals surface area contributed by atoms with E-state index in [1.807, 2.05) is 36.4 Å². The van der Waals surface area contributed by atoms with Gasteiger partial charge >= 0.3 is 0 Å². The highest BCUT2D eigenvalue weighted by Gasteiger charge is 2.19. The Morgan fingerprint density at radius 2 is 1.73 bits per heavy atom. The number of hydrogen-bond acceptors (Lipinski definition) is 3. The first kappa shape index (κ1) is 18.6. The third-order valence-corrected chi connectivity index (χ3v) is 6.13. The molecule has 2 aromatic rings. The van der Waals surface area contributed by atoms with Gasteiger partial charge in [0.15, 0.2) is 0 Å². The summed E-state index contributed by atoms with van der Waals surface area (Å²) in [6.45, 7) is 0.197. The van der Waals surface area contributed by atoms with Crippen molar-refractivity contribution in [3.8, 4) is 0 Å². The fraction of sp³-hybridized carbons (Fsp3) is 0.350. The largest absolute Gasteiger partial charge is 0.340 e. The zero-order valence-electron chi connectivity index (χ0n) is 14.9. The van der Waals surface area contributed by atoms with Crippen LogP contribution in [-0.2, 0) is 34.2 Å². The van der Waals surface area contributed by atoms with Gasteiger partial charge in [-0.05, 0) is 54.5 Å². The van der Waals surface area contributed by atoms with Gasteiger partial charge in [0.2, 0.25) is 15.9 Å². The molecule has 0 spiro atoms. The zero-order valence-corrected chi connectivity index (χ0v) is 15.8. The van der Waals surface area contributed by atoms with E-state index in [9.17, 15) is 13.2 Å². The van der Waals surface area contributed by atoms with E-state index >= 15 is 0 Å². The number of hydrogen-bond donors (Lipinski definition) is 1. The first-order chi connectivity index (χ1) is 12.5. The molecule has 0 saturated heterocycles. The summed E-state index contributed by atoms with van der Waals surface area (Å²) < 4.78 is 27.5. The molecule has 5 nitrogen and oxygen atoms in total. The molecule has 0 unspecified atom stereocenters. The smallest absolute Gasteiger partial charge is 0.241 e. The first-order valence-corrected chi connectivity index (χ1v) is 10.3. The minimum atomic E-state index is -3.69. The molecule has 0 atom stereocenters. The molecule has 0 saturated carbocycles. The van der Waals surface area contributed by atoms with Crippen molar-refractivity contribution >= 4 is 15.9 Å². The normalized spacial score (nSPS) is 13.9. The number of aryl methyl sites for hydroxylation is 2. The van der Waals surface area contributed by atoms with E-state index in [2.05, 4.69) is 4.72 Å². The molecule has 0 bridgehead atoms. The molecule has 26 heavy (non-hydrogen) atoms. The van der Waals surface area contributed by atoms with Gasteiger partial charge in [0.05, 0.1) is 11.4 Å². The first-order valence-electron chi connectivity index (χ1n) is 8.85. The van der Waals surface area contributed by atoms with Crippen molar-refractivity contribution in [3.63, 3.8) is 0 Å². The zero-order chi connectivity index (χ0) is 18.6. The summed E-state index contributed by atoms with van der Waals surface area (Å²) in [5.74, 6) is -0.268. The van der Waals surface area contributed by atoms with Crippen LogP contribution >= 0.6 is 0 Å². The molecule has 0 radical (unpaired) electrons. The summed E-state index contributed by atoms with van der Waals surface area (Å²) in [6, 6.07) is 14.9. The lowest BCUT2D eigenvalue weighted by Gasteiger charge is -2.19. The van der Waals surface area contributed by atoms with Crippen molar-refractivity contribution in [1.29, 1.82) is 0 Å². The molecule has 0 aliphatic heterocycles. The molecule has 0 fully saturated rings. The summed E-state index contributed by atoms with van der Waals surface area (Å²) >= 11 is 0. The molecule has 6 heteroatoms. The van der Waals surface area contributed by atoms with Gasteiger partial charge in [-0.3, -0.25) is 4.79 Å². The van der Waals surface area contributed by atoms with Gasteiger partial charge in [-0.1, -0.05) is 36.4 Å². The standard InChI is InChI=1S/C20H24N2O3S/c1-22(15-16-7-3-2-4-8-16)20(23)14-21-26(24,25)19-12-11-17-9-5-6-10-18(17)13-19/h2-4,7-8,11-13,21H,5-6,9-10,14-15H2,1H3. The number of rotatable bonds is 6. The summed E-state index contributed by atoms with van der Waals surface area (Å²) in [5.41, 5.74) is 3.33. The van der Waals surface area contributed by atoms with E-state index < -0.39 is 10.0 Å². The van der Waals surface area contributed by atoms with Crippen LogP contribution in [0.15, 0.2) is 53.4 Å². The second kappa shape index (κ2) is 8.01. The van der Waals surface area contributed by atoms with Crippen molar-refractivity contribution in [1.82, 2.24) is 9.62 Å². The molecular weight excluding hydrogens is 348 g/mol. The summed E-state index contributed by atoms with van der Waals surface area (Å²) in [6.07, 6.45) is 4.16. The van der Waals surface area contributed by atoms with Gasteiger partial charge in [0, 0.05) is 13.6 Å². The van der Waals surface area contributed by atoms with Gasteiger partial charge in [-0.2, -0.15) is 0 Å². The van der Waals surface area contributed by atoms with Gasteiger partial charge in [-0.15, -0.1) is 0 Å². The van der Waals surface area contributed by atoms with Crippen LogP contribution in [0.25, 0.3) is 0 Å². The monoisotopic (exact) mass is 372 g/mol. The Bertz CT molecular complexity index is 879. The lowest BCUT2D eigenvalue weighted by molar-refractivity contribution is -0.129. The number of carbonyl (C=O) groups is 1. The van der Waals surface area contributed by atoms with Crippen LogP contribution in [0.1, 0.15) is 29.5 Å². The Morgan fingerprint density at radius 3 is 2.46 bits per heavy atom. The maximum absolute atomic E-state index is 12.5. The minimum Gasteiger partial charge on any atom is -0.340 e. The number of fused-ring (bicyclic) bond motifs is 1. The third-order valence-electron chi connectivity index (χ3n) is 4.73. The van der Waals surface area contributed by atoms with Crippen molar-refractivity contribution in [3.05, 3.63) is 65.2 Å². The Hall–Kier alpha value is -2.18. The number of nitrogens with zero attached hydrogens (tertiary/aromatic N) is 1. The summed E-state index contributed by atoms with van der Waals surface area (Å²) in [7, 11) is -2.02. The quantitative estimate of drug-likeness (QED) is 0.847. The van der Waals surface area contributed by atoms with Crippen LogP contribution in [-0.4, -0.2) is 32.8 Å². The fourth-order valence-electron chi connectivity index (χ4n) is 3.20. The van der Waals surface area contributed by atoms with E-state index in [-0.39, 0.29) is 17.3 Å². The van der Waals surface area contributed by atoms with Crippen molar-refractivity contribution < 1.29 is 13.2 Å². The van der Waals surface area contributed by atoms with E-state index in [1.54, 1.807) is 19.2 Å². The Balaban J connectivity index is 1.61. The predicted molar refractivity (Wildman–Crippen MR) is 101 cm³/mol. The van der Waals surface area contributed by atoms with E-state index in [1.165, 1.54) is 10.5 Å². The Kier molecular flexibility index (Phi) is 5.74. The van der Waals surface area contributed by atoms with Crippen molar-refractivity contribution in [2.45, 2.75) is 37.1 Å². The molecular formula is C20H24N2O3S. The second-order valence-corrected chi connectivity index (χ2v) is 8.46. The Morgan fingerprint density at radius 1 is 1.04 bits per heavy atom. The predicted octanol–water partition coefficient (Wildman–Crippen LogP) is 2.50. The molecule has 138 valence electrons. The molecule has 2 aromatic carbocycles. The van der Waals surface area contributed by atoms with Gasteiger partial charge in [0.1, 0.15) is 0 Å². The number of amides is 1. The highest BCUT2D eigenvalue weighted by molar-refractivity contribution is 7.89. The summed E-state index contributed by atoms with van der Waals surface area (Å²) in [4.78, 5) is 14.0. The SMILES string of the molecule is CN(Cc1ccccc1)C(=O)CNS(=O)(=O)c1ccc2c(c1)CCCC2. The second-order valence-electron chi connectivity index (χ2n) is 6.70.